The molecule has 0 amide bonds. The normalized spacial score (nSPS) is 18.9. The predicted molar refractivity (Wildman–Crippen MR) is 94.6 cm³/mol. The minimum atomic E-state index is -0.405. The van der Waals surface area contributed by atoms with Gasteiger partial charge in [-0.05, 0) is 63.5 Å². The monoisotopic (exact) mass is 348 g/mol. The molecule has 1 aromatic rings. The van der Waals surface area contributed by atoms with Gasteiger partial charge in [-0.2, -0.15) is 0 Å². The molecule has 5 nitrogen and oxygen atoms in total. The van der Waals surface area contributed by atoms with Crippen LogP contribution >= 0.6 is 0 Å². The lowest BCUT2D eigenvalue weighted by atomic mass is 9.97. The Labute approximate surface area is 149 Å². The van der Waals surface area contributed by atoms with Crippen molar-refractivity contribution < 1.29 is 24.5 Å². The lowest BCUT2D eigenvalue weighted by molar-refractivity contribution is 0.0164. The van der Waals surface area contributed by atoms with E-state index in [1.807, 2.05) is 0 Å². The molecule has 0 heterocycles. The Kier molecular flexibility index (Phi) is 7.44. The average Bonchev–Trinajstić information content (AvgIpc) is 2.63. The van der Waals surface area contributed by atoms with Crippen molar-refractivity contribution in [3.8, 4) is 0 Å². The van der Waals surface area contributed by atoms with E-state index in [2.05, 4.69) is 0 Å². The van der Waals surface area contributed by atoms with Crippen LogP contribution in [0.3, 0.4) is 0 Å². The number of carbonyl (C=O) groups is 2. The van der Waals surface area contributed by atoms with Gasteiger partial charge in [0.05, 0.1) is 11.1 Å². The first-order chi connectivity index (χ1) is 11.7. The Balaban J connectivity index is 0.00000225. The van der Waals surface area contributed by atoms with Crippen LogP contribution in [0.5, 0.6) is 0 Å². The summed E-state index contributed by atoms with van der Waals surface area (Å²) in [6, 6.07) is 6.83. The van der Waals surface area contributed by atoms with Crippen LogP contribution in [0.1, 0.15) is 84.9 Å². The number of rotatable bonds is 4. The second kappa shape index (κ2) is 9.56. The van der Waals surface area contributed by atoms with E-state index in [1.54, 1.807) is 24.3 Å². The summed E-state index contributed by atoms with van der Waals surface area (Å²) in [6.07, 6.45) is 10.4. The number of hydrogen-bond donors (Lipinski definition) is 0. The number of ether oxygens (including phenoxy) is 2. The number of carbonyl (C=O) groups excluding carboxylic acids is 2. The Morgan fingerprint density at radius 1 is 0.680 bits per heavy atom. The SMILES string of the molecule is O.O=C(OC1CCCCC1)c1ccccc1C(=O)OC1CCCCC1. The van der Waals surface area contributed by atoms with Crippen LogP contribution in [0.4, 0.5) is 0 Å². The van der Waals surface area contributed by atoms with Gasteiger partial charge >= 0.3 is 11.9 Å². The van der Waals surface area contributed by atoms with Crippen LogP contribution in [0.25, 0.3) is 0 Å². The summed E-state index contributed by atoms with van der Waals surface area (Å²) in [5.41, 5.74) is 0.646. The number of hydrogen-bond acceptors (Lipinski definition) is 4. The fourth-order valence-corrected chi connectivity index (χ4v) is 3.63. The zero-order valence-electron chi connectivity index (χ0n) is 14.7. The molecule has 0 saturated heterocycles. The molecular formula is C20H28O5. The molecule has 0 bridgehead atoms. The first kappa shape index (κ1) is 19.4. The molecule has 2 aliphatic rings. The maximum atomic E-state index is 12.5. The highest BCUT2D eigenvalue weighted by molar-refractivity contribution is 6.03. The van der Waals surface area contributed by atoms with Crippen LogP contribution in [-0.4, -0.2) is 29.6 Å². The summed E-state index contributed by atoms with van der Waals surface area (Å²) in [6.45, 7) is 0. The van der Waals surface area contributed by atoms with Gasteiger partial charge in [0.2, 0.25) is 0 Å². The summed E-state index contributed by atoms with van der Waals surface area (Å²) in [4.78, 5) is 25.0. The molecule has 0 spiro atoms. The van der Waals surface area contributed by atoms with Crippen LogP contribution in [0, 0.1) is 0 Å². The second-order valence-electron chi connectivity index (χ2n) is 6.88. The van der Waals surface area contributed by atoms with E-state index in [4.69, 9.17) is 9.47 Å². The highest BCUT2D eigenvalue weighted by Crippen LogP contribution is 2.24. The quantitative estimate of drug-likeness (QED) is 0.774. The third-order valence-electron chi connectivity index (χ3n) is 5.02. The van der Waals surface area contributed by atoms with Gasteiger partial charge in [0.25, 0.3) is 0 Å². The molecule has 2 fully saturated rings. The summed E-state index contributed by atoms with van der Waals surface area (Å²) in [5.74, 6) is -0.809. The largest absolute Gasteiger partial charge is 0.459 e. The van der Waals surface area contributed by atoms with Crippen LogP contribution in [-0.2, 0) is 9.47 Å². The Bertz CT molecular complexity index is 520. The van der Waals surface area contributed by atoms with Crippen LogP contribution in [0.2, 0.25) is 0 Å². The number of benzene rings is 1. The molecule has 0 unspecified atom stereocenters. The standard InChI is InChI=1S/C20H26O4.H2O/c21-19(23-15-9-3-1-4-10-15)17-13-7-8-14-18(17)20(22)24-16-11-5-2-6-12-16;/h7-8,13-16H,1-6,9-12H2;1H2. The molecule has 2 saturated carbocycles. The van der Waals surface area contributed by atoms with Gasteiger partial charge < -0.3 is 14.9 Å². The van der Waals surface area contributed by atoms with Crippen molar-refractivity contribution in [2.24, 2.45) is 0 Å². The van der Waals surface area contributed by atoms with E-state index in [9.17, 15) is 9.59 Å². The molecule has 2 aliphatic carbocycles. The lowest BCUT2D eigenvalue weighted by Gasteiger charge is -2.23. The second-order valence-corrected chi connectivity index (χ2v) is 6.88. The van der Waals surface area contributed by atoms with E-state index >= 15 is 0 Å². The van der Waals surface area contributed by atoms with Gasteiger partial charge in [0.1, 0.15) is 12.2 Å². The van der Waals surface area contributed by atoms with Crippen molar-refractivity contribution in [2.45, 2.75) is 76.4 Å². The highest BCUT2D eigenvalue weighted by atomic mass is 16.5. The summed E-state index contributed by atoms with van der Waals surface area (Å²) < 4.78 is 11.2. The van der Waals surface area contributed by atoms with Crippen molar-refractivity contribution in [3.05, 3.63) is 35.4 Å². The van der Waals surface area contributed by atoms with Gasteiger partial charge in [0, 0.05) is 0 Å². The van der Waals surface area contributed by atoms with Crippen molar-refractivity contribution in [1.29, 1.82) is 0 Å². The lowest BCUT2D eigenvalue weighted by Crippen LogP contribution is -2.24. The number of esters is 2. The maximum Gasteiger partial charge on any atom is 0.339 e. The Morgan fingerprint density at radius 3 is 1.40 bits per heavy atom. The molecule has 138 valence electrons. The zero-order chi connectivity index (χ0) is 16.8. The average molecular weight is 348 g/mol. The van der Waals surface area contributed by atoms with Crippen molar-refractivity contribution >= 4 is 11.9 Å². The summed E-state index contributed by atoms with van der Waals surface area (Å²) >= 11 is 0. The molecular weight excluding hydrogens is 320 g/mol. The van der Waals surface area contributed by atoms with E-state index in [0.29, 0.717) is 11.1 Å². The fourth-order valence-electron chi connectivity index (χ4n) is 3.63. The smallest absolute Gasteiger partial charge is 0.339 e. The van der Waals surface area contributed by atoms with E-state index in [0.717, 1.165) is 51.4 Å². The van der Waals surface area contributed by atoms with E-state index in [-0.39, 0.29) is 17.7 Å². The molecule has 3 rings (SSSR count). The molecule has 0 radical (unpaired) electrons. The highest BCUT2D eigenvalue weighted by Gasteiger charge is 2.25. The summed E-state index contributed by atoms with van der Waals surface area (Å²) in [7, 11) is 0. The molecule has 2 N–H and O–H groups in total. The molecule has 0 aromatic heterocycles. The third-order valence-corrected chi connectivity index (χ3v) is 5.02. The van der Waals surface area contributed by atoms with Crippen molar-refractivity contribution in [1.82, 2.24) is 0 Å². The van der Waals surface area contributed by atoms with Gasteiger partial charge in [-0.25, -0.2) is 9.59 Å². The zero-order valence-corrected chi connectivity index (χ0v) is 14.7. The molecule has 25 heavy (non-hydrogen) atoms. The topological polar surface area (TPSA) is 84.1 Å². The third kappa shape index (κ3) is 5.30. The van der Waals surface area contributed by atoms with Crippen LogP contribution < -0.4 is 0 Å². The first-order valence-corrected chi connectivity index (χ1v) is 9.25. The molecule has 0 atom stereocenters. The first-order valence-electron chi connectivity index (χ1n) is 9.25. The van der Waals surface area contributed by atoms with Gasteiger partial charge in [0.15, 0.2) is 0 Å². The molecule has 0 aliphatic heterocycles. The predicted octanol–water partition coefficient (Wildman–Crippen LogP) is 3.84. The van der Waals surface area contributed by atoms with Crippen LogP contribution in [0.15, 0.2) is 24.3 Å². The molecule has 1 aromatic carbocycles. The summed E-state index contributed by atoms with van der Waals surface area (Å²) in [5, 5.41) is 0. The van der Waals surface area contributed by atoms with Gasteiger partial charge in [-0.15, -0.1) is 0 Å². The molecule has 5 heteroatoms. The minimum absolute atomic E-state index is 0. The van der Waals surface area contributed by atoms with Crippen molar-refractivity contribution in [3.63, 3.8) is 0 Å². The Morgan fingerprint density at radius 2 is 1.04 bits per heavy atom. The van der Waals surface area contributed by atoms with E-state index in [1.165, 1.54) is 12.8 Å². The maximum absolute atomic E-state index is 12.5. The van der Waals surface area contributed by atoms with Gasteiger partial charge in [-0.1, -0.05) is 25.0 Å². The Hall–Kier alpha value is -1.88. The van der Waals surface area contributed by atoms with E-state index < -0.39 is 11.9 Å². The van der Waals surface area contributed by atoms with Gasteiger partial charge in [-0.3, -0.25) is 0 Å². The fraction of sp³-hybridized carbons (Fsp3) is 0.600. The van der Waals surface area contributed by atoms with Crippen molar-refractivity contribution in [2.75, 3.05) is 0 Å². The minimum Gasteiger partial charge on any atom is -0.459 e.